The molecule has 0 radical (unpaired) electrons. The van der Waals surface area contributed by atoms with E-state index in [9.17, 15) is 18.9 Å². The maximum atomic E-state index is 11.8. The molecule has 0 aliphatic rings. The van der Waals surface area contributed by atoms with Crippen molar-refractivity contribution in [3.8, 4) is 5.75 Å². The summed E-state index contributed by atoms with van der Waals surface area (Å²) in [5.41, 5.74) is 0.289. The zero-order valence-corrected chi connectivity index (χ0v) is 7.94. The van der Waals surface area contributed by atoms with Crippen LogP contribution >= 0.6 is 0 Å². The normalized spacial score (nSPS) is 10.4. The lowest BCUT2D eigenvalue weighted by Gasteiger charge is -2.05. The van der Waals surface area contributed by atoms with Gasteiger partial charge in [0.05, 0.1) is 11.0 Å². The highest BCUT2D eigenvalue weighted by Crippen LogP contribution is 2.25. The molecular formula is C9H9F2NO3. The number of hydrogen-bond acceptors (Lipinski definition) is 3. The number of nitro benzene ring substituents is 1. The minimum absolute atomic E-state index is 0.198. The van der Waals surface area contributed by atoms with E-state index in [2.05, 4.69) is 4.74 Å². The van der Waals surface area contributed by atoms with E-state index in [1.165, 1.54) is 12.1 Å². The van der Waals surface area contributed by atoms with Crippen molar-refractivity contribution in [1.29, 1.82) is 0 Å². The molecule has 0 saturated heterocycles. The van der Waals surface area contributed by atoms with Gasteiger partial charge in [-0.1, -0.05) is 6.92 Å². The third-order valence-electron chi connectivity index (χ3n) is 1.86. The summed E-state index contributed by atoms with van der Waals surface area (Å²) < 4.78 is 27.8. The Labute approximate surface area is 84.6 Å². The average Bonchev–Trinajstić information content (AvgIpc) is 2.16. The summed E-state index contributed by atoms with van der Waals surface area (Å²) in [5.74, 6) is -0.200. The lowest BCUT2D eigenvalue weighted by atomic mass is 10.1. The minimum Gasteiger partial charge on any atom is -0.435 e. The van der Waals surface area contributed by atoms with Gasteiger partial charge in [-0.05, 0) is 18.6 Å². The van der Waals surface area contributed by atoms with Gasteiger partial charge in [-0.25, -0.2) is 0 Å². The lowest BCUT2D eigenvalue weighted by Crippen LogP contribution is -2.03. The molecule has 0 amide bonds. The van der Waals surface area contributed by atoms with Gasteiger partial charge >= 0.3 is 6.61 Å². The Morgan fingerprint density at radius 2 is 2.20 bits per heavy atom. The Morgan fingerprint density at radius 1 is 1.53 bits per heavy atom. The second-order valence-electron chi connectivity index (χ2n) is 2.78. The van der Waals surface area contributed by atoms with E-state index in [0.717, 1.165) is 6.07 Å². The highest BCUT2D eigenvalue weighted by atomic mass is 19.3. The van der Waals surface area contributed by atoms with Crippen molar-refractivity contribution in [3.63, 3.8) is 0 Å². The van der Waals surface area contributed by atoms with Crippen molar-refractivity contribution < 1.29 is 18.4 Å². The van der Waals surface area contributed by atoms with Crippen molar-refractivity contribution in [3.05, 3.63) is 33.9 Å². The molecule has 0 saturated carbocycles. The van der Waals surface area contributed by atoms with Crippen LogP contribution in [0.3, 0.4) is 0 Å². The van der Waals surface area contributed by atoms with Crippen LogP contribution < -0.4 is 4.74 Å². The monoisotopic (exact) mass is 217 g/mol. The number of nitro groups is 1. The van der Waals surface area contributed by atoms with Crippen LogP contribution in [0.1, 0.15) is 12.5 Å². The van der Waals surface area contributed by atoms with Crippen LogP contribution in [0.15, 0.2) is 18.2 Å². The summed E-state index contributed by atoms with van der Waals surface area (Å²) in [6.07, 6.45) is 0.464. The molecule has 0 bridgehead atoms. The Hall–Kier alpha value is -1.72. The van der Waals surface area contributed by atoms with E-state index >= 15 is 0 Å². The first-order valence-electron chi connectivity index (χ1n) is 4.26. The van der Waals surface area contributed by atoms with Crippen molar-refractivity contribution >= 4 is 5.69 Å². The van der Waals surface area contributed by atoms with Crippen LogP contribution in [0.4, 0.5) is 14.5 Å². The van der Waals surface area contributed by atoms with E-state index in [-0.39, 0.29) is 11.4 Å². The molecule has 6 heteroatoms. The van der Waals surface area contributed by atoms with Crippen LogP contribution in [0.25, 0.3) is 0 Å². The molecule has 0 N–H and O–H groups in total. The smallest absolute Gasteiger partial charge is 0.387 e. The van der Waals surface area contributed by atoms with Crippen LogP contribution in [-0.2, 0) is 6.42 Å². The van der Waals surface area contributed by atoms with Gasteiger partial charge in [-0.2, -0.15) is 8.78 Å². The molecule has 0 spiro atoms. The van der Waals surface area contributed by atoms with E-state index in [1.54, 1.807) is 6.92 Å². The predicted molar refractivity (Wildman–Crippen MR) is 49.1 cm³/mol. The number of hydrogen-bond donors (Lipinski definition) is 0. The summed E-state index contributed by atoms with van der Waals surface area (Å²) in [7, 11) is 0. The number of halogens is 2. The van der Waals surface area contributed by atoms with Gasteiger partial charge in [0.15, 0.2) is 0 Å². The first-order chi connectivity index (χ1) is 7.04. The lowest BCUT2D eigenvalue weighted by molar-refractivity contribution is -0.385. The number of ether oxygens (including phenoxy) is 1. The molecule has 4 nitrogen and oxygen atoms in total. The third-order valence-corrected chi connectivity index (χ3v) is 1.86. The maximum Gasteiger partial charge on any atom is 0.387 e. The Balaban J connectivity index is 3.05. The second-order valence-corrected chi connectivity index (χ2v) is 2.78. The SMILES string of the molecule is CCc1ccc(OC(F)F)cc1[N+](=O)[O-]. The number of aryl methyl sites for hydroxylation is 1. The molecule has 0 unspecified atom stereocenters. The molecule has 82 valence electrons. The quantitative estimate of drug-likeness (QED) is 0.575. The van der Waals surface area contributed by atoms with Gasteiger partial charge in [0.1, 0.15) is 5.75 Å². The highest BCUT2D eigenvalue weighted by Gasteiger charge is 2.15. The standard InChI is InChI=1S/C9H9F2NO3/c1-2-6-3-4-7(15-9(10)11)5-8(6)12(13)14/h3-5,9H,2H2,1H3. The topological polar surface area (TPSA) is 52.4 Å². The summed E-state index contributed by atoms with van der Waals surface area (Å²) in [6.45, 7) is -1.23. The second kappa shape index (κ2) is 4.68. The fourth-order valence-electron chi connectivity index (χ4n) is 1.19. The van der Waals surface area contributed by atoms with Gasteiger partial charge in [-0.15, -0.1) is 0 Å². The molecule has 0 aromatic heterocycles. The molecule has 1 rings (SSSR count). The van der Waals surface area contributed by atoms with Crippen molar-refractivity contribution in [1.82, 2.24) is 0 Å². The molecule has 0 aliphatic carbocycles. The van der Waals surface area contributed by atoms with E-state index in [1.807, 2.05) is 0 Å². The molecule has 1 aromatic rings. The van der Waals surface area contributed by atoms with Gasteiger partial charge in [-0.3, -0.25) is 10.1 Å². The van der Waals surface area contributed by atoms with Gasteiger partial charge in [0.25, 0.3) is 5.69 Å². The van der Waals surface area contributed by atoms with Crippen LogP contribution in [0.5, 0.6) is 5.75 Å². The zero-order chi connectivity index (χ0) is 11.4. The van der Waals surface area contributed by atoms with Crippen molar-refractivity contribution in [2.45, 2.75) is 20.0 Å². The molecule has 0 fully saturated rings. The number of alkyl halides is 2. The highest BCUT2D eigenvalue weighted by molar-refractivity contribution is 5.45. The van der Waals surface area contributed by atoms with Gasteiger partial charge in [0, 0.05) is 5.56 Å². The third kappa shape index (κ3) is 2.87. The molecular weight excluding hydrogens is 208 g/mol. The van der Waals surface area contributed by atoms with Gasteiger partial charge in [0.2, 0.25) is 0 Å². The van der Waals surface area contributed by atoms with Crippen LogP contribution in [-0.4, -0.2) is 11.5 Å². The Bertz CT molecular complexity index is 368. The maximum absolute atomic E-state index is 11.8. The van der Waals surface area contributed by atoms with E-state index in [0.29, 0.717) is 12.0 Å². The average molecular weight is 217 g/mol. The minimum atomic E-state index is -2.97. The first-order valence-corrected chi connectivity index (χ1v) is 4.26. The number of rotatable bonds is 4. The molecule has 1 aromatic carbocycles. The van der Waals surface area contributed by atoms with Crippen molar-refractivity contribution in [2.75, 3.05) is 0 Å². The summed E-state index contributed by atoms with van der Waals surface area (Å²) in [6, 6.07) is 3.71. The molecule has 0 aliphatic heterocycles. The predicted octanol–water partition coefficient (Wildman–Crippen LogP) is 2.76. The molecule has 0 atom stereocenters. The Kier molecular flexibility index (Phi) is 3.54. The summed E-state index contributed by atoms with van der Waals surface area (Å²) in [5, 5.41) is 10.6. The summed E-state index contributed by atoms with van der Waals surface area (Å²) >= 11 is 0. The van der Waals surface area contributed by atoms with Crippen molar-refractivity contribution in [2.24, 2.45) is 0 Å². The number of benzene rings is 1. The van der Waals surface area contributed by atoms with Crippen LogP contribution in [0.2, 0.25) is 0 Å². The van der Waals surface area contributed by atoms with E-state index < -0.39 is 11.5 Å². The van der Waals surface area contributed by atoms with Crippen LogP contribution in [0, 0.1) is 10.1 Å². The number of nitrogens with zero attached hydrogens (tertiary/aromatic N) is 1. The van der Waals surface area contributed by atoms with Gasteiger partial charge < -0.3 is 4.74 Å². The fourth-order valence-corrected chi connectivity index (χ4v) is 1.19. The Morgan fingerprint density at radius 3 is 2.67 bits per heavy atom. The first kappa shape index (κ1) is 11.4. The molecule has 0 heterocycles. The fraction of sp³-hybridized carbons (Fsp3) is 0.333. The van der Waals surface area contributed by atoms with E-state index in [4.69, 9.17) is 0 Å². The zero-order valence-electron chi connectivity index (χ0n) is 7.94. The largest absolute Gasteiger partial charge is 0.435 e. The summed E-state index contributed by atoms with van der Waals surface area (Å²) in [4.78, 5) is 9.97. The molecule has 15 heavy (non-hydrogen) atoms.